The van der Waals surface area contributed by atoms with Gasteiger partial charge in [0.15, 0.2) is 0 Å². The highest BCUT2D eigenvalue weighted by atomic mass is 32.1. The lowest BCUT2D eigenvalue weighted by Gasteiger charge is -2.08. The van der Waals surface area contributed by atoms with E-state index in [-0.39, 0.29) is 10.8 Å². The van der Waals surface area contributed by atoms with Gasteiger partial charge in [0, 0.05) is 17.5 Å². The summed E-state index contributed by atoms with van der Waals surface area (Å²) in [6, 6.07) is 7.25. The fourth-order valence-corrected chi connectivity index (χ4v) is 3.47. The lowest BCUT2D eigenvalue weighted by atomic mass is 10.1. The third-order valence-electron chi connectivity index (χ3n) is 3.36. The molecule has 0 N–H and O–H groups in total. The number of aromatic nitrogens is 1. The van der Waals surface area contributed by atoms with Crippen molar-refractivity contribution in [3.05, 3.63) is 50.1 Å². The van der Waals surface area contributed by atoms with Crippen LogP contribution in [0.15, 0.2) is 29.1 Å². The summed E-state index contributed by atoms with van der Waals surface area (Å²) in [5.41, 5.74) is 2.06. The number of benzene rings is 1. The summed E-state index contributed by atoms with van der Waals surface area (Å²) in [6.45, 7) is 8.23. The molecule has 1 heterocycles. The van der Waals surface area contributed by atoms with Gasteiger partial charge in [-0.1, -0.05) is 37.3 Å². The molecule has 0 unspecified atom stereocenters. The molecule has 5 heteroatoms. The van der Waals surface area contributed by atoms with Gasteiger partial charge < -0.3 is 4.74 Å². The van der Waals surface area contributed by atoms with Crippen LogP contribution >= 0.6 is 11.3 Å². The Balaban J connectivity index is 2.18. The maximum Gasteiger partial charge on any atom is 0.308 e. The first kappa shape index (κ1) is 16.5. The van der Waals surface area contributed by atoms with Crippen molar-refractivity contribution >= 4 is 17.3 Å². The summed E-state index contributed by atoms with van der Waals surface area (Å²) in [7, 11) is 0. The molecule has 2 rings (SSSR count). The molecule has 0 aliphatic carbocycles. The molecule has 0 saturated heterocycles. The predicted molar refractivity (Wildman–Crippen MR) is 88.7 cm³/mol. The molecule has 2 aromatic rings. The van der Waals surface area contributed by atoms with Crippen molar-refractivity contribution in [3.8, 4) is 5.75 Å². The monoisotopic (exact) mass is 319 g/mol. The smallest absolute Gasteiger partial charge is 0.308 e. The number of carbonyl (C=O) groups excluding carboxylic acids is 1. The Morgan fingerprint density at radius 2 is 1.91 bits per heavy atom. The third kappa shape index (κ3) is 4.07. The molecule has 0 radical (unpaired) electrons. The minimum Gasteiger partial charge on any atom is -0.427 e. The zero-order valence-corrected chi connectivity index (χ0v) is 14.2. The number of hydrogen-bond donors (Lipinski definition) is 0. The fourth-order valence-electron chi connectivity index (χ4n) is 2.28. The Labute approximate surface area is 134 Å². The second-order valence-electron chi connectivity index (χ2n) is 5.80. The van der Waals surface area contributed by atoms with Crippen molar-refractivity contribution in [2.24, 2.45) is 5.92 Å². The van der Waals surface area contributed by atoms with Gasteiger partial charge in [0.05, 0.1) is 6.54 Å². The number of ether oxygens (including phenoxy) is 1. The first-order valence-corrected chi connectivity index (χ1v) is 8.15. The number of carbonyl (C=O) groups is 1. The summed E-state index contributed by atoms with van der Waals surface area (Å²) < 4.78 is 6.82. The highest BCUT2D eigenvalue weighted by molar-refractivity contribution is 7.09. The Kier molecular flexibility index (Phi) is 5.19. The van der Waals surface area contributed by atoms with Crippen LogP contribution in [-0.2, 0) is 17.8 Å². The van der Waals surface area contributed by atoms with E-state index in [9.17, 15) is 9.59 Å². The molecular formula is C17H21NO3S. The number of rotatable bonds is 5. The lowest BCUT2D eigenvalue weighted by Crippen LogP contribution is -2.15. The average Bonchev–Trinajstić information content (AvgIpc) is 2.67. The van der Waals surface area contributed by atoms with Gasteiger partial charge in [0.2, 0.25) is 0 Å². The van der Waals surface area contributed by atoms with E-state index in [2.05, 4.69) is 13.8 Å². The van der Waals surface area contributed by atoms with Crippen molar-refractivity contribution in [3.63, 3.8) is 0 Å². The fraction of sp³-hybridized carbons (Fsp3) is 0.412. The summed E-state index contributed by atoms with van der Waals surface area (Å²) in [4.78, 5) is 24.3. The molecule has 0 atom stereocenters. The SMILES string of the molecule is CC(=O)Oc1ccc(Cn2c(C)c(CC(C)C)sc2=O)cc1. The minimum absolute atomic E-state index is 0.0808. The van der Waals surface area contributed by atoms with E-state index < -0.39 is 0 Å². The molecule has 118 valence electrons. The molecular weight excluding hydrogens is 298 g/mol. The zero-order valence-electron chi connectivity index (χ0n) is 13.4. The van der Waals surface area contributed by atoms with Crippen molar-refractivity contribution in [2.75, 3.05) is 0 Å². The molecule has 0 fully saturated rings. The highest BCUT2D eigenvalue weighted by Gasteiger charge is 2.12. The number of esters is 1. The van der Waals surface area contributed by atoms with Crippen LogP contribution in [0, 0.1) is 12.8 Å². The molecule has 0 aliphatic rings. The predicted octanol–water partition coefficient (Wildman–Crippen LogP) is 3.39. The van der Waals surface area contributed by atoms with Gasteiger partial charge in [-0.2, -0.15) is 0 Å². The van der Waals surface area contributed by atoms with E-state index in [1.807, 2.05) is 23.6 Å². The van der Waals surface area contributed by atoms with Gasteiger partial charge in [-0.15, -0.1) is 0 Å². The van der Waals surface area contributed by atoms with Crippen LogP contribution < -0.4 is 9.61 Å². The normalized spacial score (nSPS) is 11.0. The van der Waals surface area contributed by atoms with Gasteiger partial charge in [-0.25, -0.2) is 0 Å². The third-order valence-corrected chi connectivity index (χ3v) is 4.46. The first-order valence-electron chi connectivity index (χ1n) is 7.33. The van der Waals surface area contributed by atoms with Gasteiger partial charge in [-0.05, 0) is 37.0 Å². The van der Waals surface area contributed by atoms with Gasteiger partial charge >= 0.3 is 10.8 Å². The molecule has 0 saturated carbocycles. The Hall–Kier alpha value is -1.88. The molecule has 1 aromatic carbocycles. The summed E-state index contributed by atoms with van der Waals surface area (Å²) in [6.07, 6.45) is 0.935. The van der Waals surface area contributed by atoms with Crippen LogP contribution in [0.5, 0.6) is 5.75 Å². The van der Waals surface area contributed by atoms with Crippen LogP contribution in [0.1, 0.15) is 36.9 Å². The largest absolute Gasteiger partial charge is 0.427 e. The van der Waals surface area contributed by atoms with E-state index in [1.54, 1.807) is 12.1 Å². The van der Waals surface area contributed by atoms with Crippen molar-refractivity contribution < 1.29 is 9.53 Å². The van der Waals surface area contributed by atoms with Crippen LogP contribution in [0.3, 0.4) is 0 Å². The molecule has 0 amide bonds. The average molecular weight is 319 g/mol. The quantitative estimate of drug-likeness (QED) is 0.627. The van der Waals surface area contributed by atoms with Crippen LogP contribution in [0.25, 0.3) is 0 Å². The van der Waals surface area contributed by atoms with Crippen LogP contribution in [0.2, 0.25) is 0 Å². The van der Waals surface area contributed by atoms with Crippen molar-refractivity contribution in [2.45, 2.75) is 40.7 Å². The summed E-state index contributed by atoms with van der Waals surface area (Å²) >= 11 is 1.34. The molecule has 22 heavy (non-hydrogen) atoms. The maximum absolute atomic E-state index is 12.2. The van der Waals surface area contributed by atoms with E-state index in [4.69, 9.17) is 4.74 Å². The minimum atomic E-state index is -0.337. The topological polar surface area (TPSA) is 48.3 Å². The first-order chi connectivity index (χ1) is 10.4. The molecule has 0 aliphatic heterocycles. The number of nitrogens with zero attached hydrogens (tertiary/aromatic N) is 1. The Morgan fingerprint density at radius 1 is 1.27 bits per heavy atom. The van der Waals surface area contributed by atoms with Crippen molar-refractivity contribution in [1.29, 1.82) is 0 Å². The second-order valence-corrected chi connectivity index (χ2v) is 6.84. The highest BCUT2D eigenvalue weighted by Crippen LogP contribution is 2.19. The zero-order chi connectivity index (χ0) is 16.3. The van der Waals surface area contributed by atoms with E-state index in [0.29, 0.717) is 18.2 Å². The van der Waals surface area contributed by atoms with E-state index >= 15 is 0 Å². The van der Waals surface area contributed by atoms with E-state index in [0.717, 1.165) is 22.6 Å². The lowest BCUT2D eigenvalue weighted by molar-refractivity contribution is -0.131. The number of hydrogen-bond acceptors (Lipinski definition) is 4. The molecule has 0 bridgehead atoms. The standard InChI is InChI=1S/C17H21NO3S/c1-11(2)9-16-12(3)18(17(20)22-16)10-14-5-7-15(8-6-14)21-13(4)19/h5-8,11H,9-10H2,1-4H3. The van der Waals surface area contributed by atoms with Gasteiger partial charge in [-0.3, -0.25) is 14.2 Å². The van der Waals surface area contributed by atoms with Gasteiger partial charge in [0.25, 0.3) is 0 Å². The van der Waals surface area contributed by atoms with E-state index in [1.165, 1.54) is 18.3 Å². The number of thiazole rings is 1. The molecule has 1 aromatic heterocycles. The summed E-state index contributed by atoms with van der Waals surface area (Å²) in [5, 5.41) is 0. The Bertz CT molecular complexity index is 710. The molecule has 4 nitrogen and oxygen atoms in total. The maximum atomic E-state index is 12.2. The Morgan fingerprint density at radius 3 is 2.45 bits per heavy atom. The van der Waals surface area contributed by atoms with Gasteiger partial charge in [0.1, 0.15) is 5.75 Å². The van der Waals surface area contributed by atoms with Crippen molar-refractivity contribution in [1.82, 2.24) is 4.57 Å². The van der Waals surface area contributed by atoms with Crippen LogP contribution in [-0.4, -0.2) is 10.5 Å². The summed E-state index contributed by atoms with van der Waals surface area (Å²) in [5.74, 6) is 0.718. The molecule has 0 spiro atoms. The van der Waals surface area contributed by atoms with Crippen LogP contribution in [0.4, 0.5) is 0 Å². The second kappa shape index (κ2) is 6.92.